The quantitative estimate of drug-likeness (QED) is 0.654. The van der Waals surface area contributed by atoms with Gasteiger partial charge in [0.05, 0.1) is 21.8 Å². The molecule has 0 bridgehead atoms. The van der Waals surface area contributed by atoms with Gasteiger partial charge >= 0.3 is 12.4 Å². The van der Waals surface area contributed by atoms with Crippen molar-refractivity contribution in [1.82, 2.24) is 25.3 Å². The molecule has 1 aliphatic rings. The summed E-state index contributed by atoms with van der Waals surface area (Å²) in [6, 6.07) is 1.77. The highest BCUT2D eigenvalue weighted by molar-refractivity contribution is 7.89. The Hall–Kier alpha value is -1.93. The summed E-state index contributed by atoms with van der Waals surface area (Å²) in [6.45, 7) is 0. The van der Waals surface area contributed by atoms with Crippen LogP contribution in [0, 0.1) is 11.8 Å². The molecule has 2 atom stereocenters. The summed E-state index contributed by atoms with van der Waals surface area (Å²) in [5, 5.41) is 12.9. The Morgan fingerprint density at radius 2 is 1.63 bits per heavy atom. The molecule has 0 radical (unpaired) electrons. The third-order valence-electron chi connectivity index (χ3n) is 4.79. The highest BCUT2D eigenvalue weighted by atomic mass is 35.5. The molecule has 0 amide bonds. The van der Waals surface area contributed by atoms with Gasteiger partial charge in [0.15, 0.2) is 0 Å². The minimum Gasteiger partial charge on any atom is -0.208 e. The lowest BCUT2D eigenvalue weighted by Crippen LogP contribution is -2.47. The molecule has 1 aromatic heterocycles. The van der Waals surface area contributed by atoms with Crippen LogP contribution in [0.15, 0.2) is 23.1 Å². The van der Waals surface area contributed by atoms with Gasteiger partial charge in [0.2, 0.25) is 15.8 Å². The fourth-order valence-corrected chi connectivity index (χ4v) is 4.85. The van der Waals surface area contributed by atoms with Gasteiger partial charge in [0.1, 0.15) is 0 Å². The number of nitrogens with one attached hydrogen (secondary N) is 2. The van der Waals surface area contributed by atoms with Gasteiger partial charge in [-0.3, -0.25) is 0 Å². The fourth-order valence-electron chi connectivity index (χ4n) is 3.36. The number of nitrogens with zero attached hydrogens (tertiary/aromatic N) is 3. The second kappa shape index (κ2) is 7.96. The van der Waals surface area contributed by atoms with Crippen molar-refractivity contribution in [3.63, 3.8) is 0 Å². The first kappa shape index (κ1) is 22.7. The average Bonchev–Trinajstić information content (AvgIpc) is 3.14. The number of alkyl halides is 6. The Morgan fingerprint density at radius 3 is 2.13 bits per heavy atom. The zero-order valence-electron chi connectivity index (χ0n) is 14.8. The van der Waals surface area contributed by atoms with E-state index in [1.807, 2.05) is 4.72 Å². The SMILES string of the molecule is O=S(=O)(NC1CC(C(F)(F)F)CC(C(F)(F)F)C1)c1ccc(Cl)c(-c2nn[nH]n2)c1. The van der Waals surface area contributed by atoms with Gasteiger partial charge in [-0.1, -0.05) is 11.6 Å². The first-order chi connectivity index (χ1) is 13.8. The minimum absolute atomic E-state index is 0.0380. The van der Waals surface area contributed by atoms with E-state index in [1.165, 1.54) is 6.07 Å². The van der Waals surface area contributed by atoms with Crippen LogP contribution in [0.4, 0.5) is 26.3 Å². The number of tetrazole rings is 1. The Bertz CT molecular complexity index is 974. The number of hydrogen-bond donors (Lipinski definition) is 2. The van der Waals surface area contributed by atoms with Gasteiger partial charge in [-0.2, -0.15) is 31.6 Å². The summed E-state index contributed by atoms with van der Waals surface area (Å²) in [6.07, 6.45) is -12.5. The molecule has 3 rings (SSSR count). The second-order valence-electron chi connectivity index (χ2n) is 6.88. The smallest absolute Gasteiger partial charge is 0.208 e. The van der Waals surface area contributed by atoms with Gasteiger partial charge in [-0.25, -0.2) is 13.1 Å². The molecular formula is C15H14ClF6N5O2S. The summed E-state index contributed by atoms with van der Waals surface area (Å²) in [5.74, 6) is -4.58. The van der Waals surface area contributed by atoms with Crippen LogP contribution in [-0.4, -0.2) is 47.4 Å². The Kier molecular flexibility index (Phi) is 6.04. The molecule has 2 unspecified atom stereocenters. The van der Waals surface area contributed by atoms with Crippen molar-refractivity contribution in [2.24, 2.45) is 11.8 Å². The Morgan fingerprint density at radius 1 is 1.03 bits per heavy atom. The lowest BCUT2D eigenvalue weighted by atomic mass is 9.78. The van der Waals surface area contributed by atoms with Crippen molar-refractivity contribution < 1.29 is 34.8 Å². The van der Waals surface area contributed by atoms with E-state index in [4.69, 9.17) is 11.6 Å². The van der Waals surface area contributed by atoms with Crippen molar-refractivity contribution in [3.8, 4) is 11.4 Å². The summed E-state index contributed by atoms with van der Waals surface area (Å²) >= 11 is 5.98. The van der Waals surface area contributed by atoms with Crippen molar-refractivity contribution in [2.45, 2.75) is 42.6 Å². The number of aromatic amines is 1. The Balaban J connectivity index is 1.87. The van der Waals surface area contributed by atoms with E-state index in [1.54, 1.807) is 0 Å². The molecule has 2 aromatic rings. The van der Waals surface area contributed by atoms with E-state index in [0.29, 0.717) is 0 Å². The van der Waals surface area contributed by atoms with Crippen LogP contribution in [0.5, 0.6) is 0 Å². The predicted octanol–water partition coefficient (Wildman–Crippen LogP) is 3.71. The van der Waals surface area contributed by atoms with E-state index in [0.717, 1.165) is 12.1 Å². The van der Waals surface area contributed by atoms with Crippen molar-refractivity contribution in [3.05, 3.63) is 23.2 Å². The Labute approximate surface area is 171 Å². The fraction of sp³-hybridized carbons (Fsp3) is 0.533. The lowest BCUT2D eigenvalue weighted by Gasteiger charge is -2.36. The highest BCUT2D eigenvalue weighted by Gasteiger charge is 2.52. The number of hydrogen-bond acceptors (Lipinski definition) is 5. The molecule has 0 saturated heterocycles. The van der Waals surface area contributed by atoms with E-state index in [9.17, 15) is 34.8 Å². The highest BCUT2D eigenvalue weighted by Crippen LogP contribution is 2.45. The van der Waals surface area contributed by atoms with Gasteiger partial charge < -0.3 is 0 Å². The van der Waals surface area contributed by atoms with Crippen LogP contribution in [0.3, 0.4) is 0 Å². The molecule has 0 aliphatic heterocycles. The summed E-state index contributed by atoms with van der Waals surface area (Å²) < 4.78 is 106. The van der Waals surface area contributed by atoms with Gasteiger partial charge in [0, 0.05) is 11.6 Å². The number of rotatable bonds is 4. The molecule has 1 aliphatic carbocycles. The molecule has 30 heavy (non-hydrogen) atoms. The standard InChI is InChI=1S/C15H14ClF6N5O2S/c16-12-2-1-10(6-11(12)13-23-26-27-24-13)30(28,29)25-9-4-7(14(17,18)19)3-8(5-9)15(20,21)22/h1-2,6-9,25H,3-5H2,(H,23,24,26,27). The van der Waals surface area contributed by atoms with Crippen LogP contribution in [0.25, 0.3) is 11.4 Å². The molecule has 166 valence electrons. The zero-order valence-corrected chi connectivity index (χ0v) is 16.4. The van der Waals surface area contributed by atoms with Gasteiger partial charge in [0.25, 0.3) is 0 Å². The first-order valence-electron chi connectivity index (χ1n) is 8.46. The third-order valence-corrected chi connectivity index (χ3v) is 6.64. The molecular weight excluding hydrogens is 464 g/mol. The molecule has 7 nitrogen and oxygen atoms in total. The van der Waals surface area contributed by atoms with E-state index < -0.39 is 64.4 Å². The van der Waals surface area contributed by atoms with Crippen LogP contribution in [0.1, 0.15) is 19.3 Å². The van der Waals surface area contributed by atoms with E-state index in [2.05, 4.69) is 20.6 Å². The normalized spacial score (nSPS) is 23.5. The summed E-state index contributed by atoms with van der Waals surface area (Å²) in [5.41, 5.74) is 0.0678. The van der Waals surface area contributed by atoms with Gasteiger partial charge in [-0.05, 0) is 42.7 Å². The minimum atomic E-state index is -4.88. The third kappa shape index (κ3) is 5.03. The largest absolute Gasteiger partial charge is 0.391 e. The first-order valence-corrected chi connectivity index (χ1v) is 10.3. The predicted molar refractivity (Wildman–Crippen MR) is 91.7 cm³/mol. The van der Waals surface area contributed by atoms with Crippen LogP contribution in [0.2, 0.25) is 5.02 Å². The molecule has 1 aromatic carbocycles. The van der Waals surface area contributed by atoms with Crippen LogP contribution >= 0.6 is 11.6 Å². The van der Waals surface area contributed by atoms with Crippen molar-refractivity contribution >= 4 is 21.6 Å². The summed E-state index contributed by atoms with van der Waals surface area (Å²) in [7, 11) is -4.46. The van der Waals surface area contributed by atoms with E-state index in [-0.39, 0.29) is 16.4 Å². The van der Waals surface area contributed by atoms with Crippen molar-refractivity contribution in [2.75, 3.05) is 0 Å². The second-order valence-corrected chi connectivity index (χ2v) is 9.00. The maximum atomic E-state index is 13.1. The number of aromatic nitrogens is 4. The number of sulfonamides is 1. The van der Waals surface area contributed by atoms with Crippen LogP contribution < -0.4 is 4.72 Å². The molecule has 1 heterocycles. The number of halogens is 7. The molecule has 1 fully saturated rings. The number of H-pyrrole nitrogens is 1. The summed E-state index contributed by atoms with van der Waals surface area (Å²) in [4.78, 5) is -0.413. The van der Waals surface area contributed by atoms with Crippen molar-refractivity contribution in [1.29, 1.82) is 0 Å². The molecule has 0 spiro atoms. The molecule has 1 saturated carbocycles. The monoisotopic (exact) mass is 477 g/mol. The van der Waals surface area contributed by atoms with Crippen LogP contribution in [-0.2, 0) is 10.0 Å². The van der Waals surface area contributed by atoms with Gasteiger partial charge in [-0.15, -0.1) is 10.2 Å². The maximum Gasteiger partial charge on any atom is 0.391 e. The topological polar surface area (TPSA) is 101 Å². The number of benzene rings is 1. The molecule has 15 heteroatoms. The zero-order chi connectivity index (χ0) is 22.3. The lowest BCUT2D eigenvalue weighted by molar-refractivity contribution is -0.224. The maximum absolute atomic E-state index is 13.1. The average molecular weight is 478 g/mol. The molecule has 2 N–H and O–H groups in total. The van der Waals surface area contributed by atoms with E-state index >= 15 is 0 Å².